The molecule has 6 heteroatoms. The van der Waals surface area contributed by atoms with Gasteiger partial charge >= 0.3 is 0 Å². The van der Waals surface area contributed by atoms with Crippen LogP contribution in [0.4, 0.5) is 0 Å². The van der Waals surface area contributed by atoms with Gasteiger partial charge in [-0.2, -0.15) is 0 Å². The lowest BCUT2D eigenvalue weighted by Crippen LogP contribution is -2.39. The van der Waals surface area contributed by atoms with E-state index in [0.29, 0.717) is 17.5 Å². The molecule has 20 heavy (non-hydrogen) atoms. The molecule has 0 bridgehead atoms. The van der Waals surface area contributed by atoms with Crippen molar-refractivity contribution >= 4 is 5.91 Å². The Bertz CT molecular complexity index is 415. The first-order chi connectivity index (χ1) is 9.29. The second-order valence-electron chi connectivity index (χ2n) is 6.22. The van der Waals surface area contributed by atoms with Gasteiger partial charge in [0.15, 0.2) is 0 Å². The molecule has 1 heterocycles. The molecular formula is C14H27N5O. The smallest absolute Gasteiger partial charge is 0.244 e. The van der Waals surface area contributed by atoms with Crippen LogP contribution < -0.4 is 5.73 Å². The van der Waals surface area contributed by atoms with Crippen LogP contribution in [0.2, 0.25) is 0 Å². The predicted molar refractivity (Wildman–Crippen MR) is 78.9 cm³/mol. The van der Waals surface area contributed by atoms with Gasteiger partial charge in [0.25, 0.3) is 0 Å². The van der Waals surface area contributed by atoms with E-state index >= 15 is 0 Å². The molecule has 1 unspecified atom stereocenters. The van der Waals surface area contributed by atoms with Crippen LogP contribution >= 0.6 is 0 Å². The quantitative estimate of drug-likeness (QED) is 0.820. The van der Waals surface area contributed by atoms with Crippen LogP contribution in [-0.2, 0) is 11.3 Å². The molecule has 0 saturated carbocycles. The van der Waals surface area contributed by atoms with Crippen LogP contribution in [0.15, 0.2) is 6.20 Å². The number of hydrogen-bond donors (Lipinski definition) is 1. The molecule has 1 aromatic rings. The van der Waals surface area contributed by atoms with E-state index in [0.717, 1.165) is 13.1 Å². The molecule has 1 aromatic heterocycles. The molecule has 0 aromatic carbocycles. The van der Waals surface area contributed by atoms with Crippen molar-refractivity contribution in [3.8, 4) is 0 Å². The Morgan fingerprint density at radius 1 is 1.25 bits per heavy atom. The molecular weight excluding hydrogens is 254 g/mol. The molecule has 1 amide bonds. The topological polar surface area (TPSA) is 77.0 Å². The lowest BCUT2D eigenvalue weighted by Gasteiger charge is -2.26. The Labute approximate surface area is 121 Å². The summed E-state index contributed by atoms with van der Waals surface area (Å²) in [6.07, 6.45) is 1.74. The van der Waals surface area contributed by atoms with Gasteiger partial charge in [-0.15, -0.1) is 5.10 Å². The van der Waals surface area contributed by atoms with Crippen LogP contribution in [0.3, 0.4) is 0 Å². The molecule has 0 aliphatic rings. The molecule has 1 atom stereocenters. The van der Waals surface area contributed by atoms with E-state index in [1.54, 1.807) is 10.9 Å². The lowest BCUT2D eigenvalue weighted by molar-refractivity contribution is -0.133. The SMILES string of the molecule is CC(C)CN(CC(C)C)C(=O)Cn1cc(C(C)N)nn1. The first-order valence-corrected chi connectivity index (χ1v) is 7.23. The summed E-state index contributed by atoms with van der Waals surface area (Å²) in [4.78, 5) is 14.3. The summed E-state index contributed by atoms with van der Waals surface area (Å²) < 4.78 is 1.56. The van der Waals surface area contributed by atoms with Crippen molar-refractivity contribution in [2.45, 2.75) is 47.2 Å². The summed E-state index contributed by atoms with van der Waals surface area (Å²) >= 11 is 0. The normalized spacial score (nSPS) is 13.0. The summed E-state index contributed by atoms with van der Waals surface area (Å²) in [7, 11) is 0. The van der Waals surface area contributed by atoms with E-state index in [4.69, 9.17) is 5.73 Å². The third kappa shape index (κ3) is 5.28. The highest BCUT2D eigenvalue weighted by Crippen LogP contribution is 2.07. The van der Waals surface area contributed by atoms with Gasteiger partial charge in [0, 0.05) is 19.1 Å². The van der Waals surface area contributed by atoms with Crippen molar-refractivity contribution in [3.63, 3.8) is 0 Å². The molecule has 1 rings (SSSR count). The fourth-order valence-electron chi connectivity index (χ4n) is 2.00. The Balaban J connectivity index is 2.68. The van der Waals surface area contributed by atoms with Gasteiger partial charge in [0.1, 0.15) is 6.54 Å². The van der Waals surface area contributed by atoms with E-state index in [1.807, 2.05) is 11.8 Å². The molecule has 6 nitrogen and oxygen atoms in total. The maximum atomic E-state index is 12.4. The maximum absolute atomic E-state index is 12.4. The fourth-order valence-corrected chi connectivity index (χ4v) is 2.00. The third-order valence-electron chi connectivity index (χ3n) is 2.84. The minimum atomic E-state index is -0.165. The van der Waals surface area contributed by atoms with Crippen molar-refractivity contribution in [2.75, 3.05) is 13.1 Å². The summed E-state index contributed by atoms with van der Waals surface area (Å²) in [5.41, 5.74) is 6.44. The molecule has 0 radical (unpaired) electrons. The van der Waals surface area contributed by atoms with Gasteiger partial charge in [0.05, 0.1) is 11.9 Å². The van der Waals surface area contributed by atoms with Gasteiger partial charge in [-0.3, -0.25) is 4.79 Å². The number of nitrogens with zero attached hydrogens (tertiary/aromatic N) is 4. The number of amides is 1. The Hall–Kier alpha value is -1.43. The van der Waals surface area contributed by atoms with Crippen molar-refractivity contribution in [2.24, 2.45) is 17.6 Å². The largest absolute Gasteiger partial charge is 0.341 e. The van der Waals surface area contributed by atoms with Crippen molar-refractivity contribution in [1.29, 1.82) is 0 Å². The highest BCUT2D eigenvalue weighted by Gasteiger charge is 2.17. The zero-order valence-electron chi connectivity index (χ0n) is 13.2. The van der Waals surface area contributed by atoms with Gasteiger partial charge in [0.2, 0.25) is 5.91 Å². The molecule has 0 saturated heterocycles. The van der Waals surface area contributed by atoms with E-state index in [2.05, 4.69) is 38.0 Å². The standard InChI is InChI=1S/C14H27N5O/c1-10(2)6-18(7-11(3)4)14(20)9-19-8-13(12(5)15)16-17-19/h8,10-12H,6-7,9,15H2,1-5H3. The first-order valence-electron chi connectivity index (χ1n) is 7.23. The summed E-state index contributed by atoms with van der Waals surface area (Å²) in [6.45, 7) is 12.1. The van der Waals surface area contributed by atoms with E-state index in [1.165, 1.54) is 0 Å². The second-order valence-corrected chi connectivity index (χ2v) is 6.22. The summed E-state index contributed by atoms with van der Waals surface area (Å²) in [5, 5.41) is 7.92. The molecule has 0 fully saturated rings. The second kappa shape index (κ2) is 7.38. The average Bonchev–Trinajstić information content (AvgIpc) is 2.75. The number of carbonyl (C=O) groups excluding carboxylic acids is 1. The number of rotatable bonds is 7. The molecule has 0 spiro atoms. The Morgan fingerprint density at radius 2 is 1.80 bits per heavy atom. The Morgan fingerprint density at radius 3 is 2.20 bits per heavy atom. The molecule has 114 valence electrons. The van der Waals surface area contributed by atoms with Gasteiger partial charge in [-0.1, -0.05) is 32.9 Å². The van der Waals surface area contributed by atoms with Crippen LogP contribution in [0.1, 0.15) is 46.4 Å². The number of carbonyl (C=O) groups is 1. The average molecular weight is 281 g/mol. The summed E-state index contributed by atoms with van der Waals surface area (Å²) in [5.74, 6) is 0.981. The van der Waals surface area contributed by atoms with Crippen LogP contribution in [0.25, 0.3) is 0 Å². The van der Waals surface area contributed by atoms with Gasteiger partial charge < -0.3 is 10.6 Å². The van der Waals surface area contributed by atoms with Crippen LogP contribution in [-0.4, -0.2) is 38.9 Å². The van der Waals surface area contributed by atoms with E-state index in [-0.39, 0.29) is 18.5 Å². The Kier molecular flexibility index (Phi) is 6.13. The highest BCUT2D eigenvalue weighted by atomic mass is 16.2. The maximum Gasteiger partial charge on any atom is 0.244 e. The van der Waals surface area contributed by atoms with Crippen LogP contribution in [0, 0.1) is 11.8 Å². The van der Waals surface area contributed by atoms with Gasteiger partial charge in [-0.05, 0) is 18.8 Å². The van der Waals surface area contributed by atoms with Crippen molar-refractivity contribution in [3.05, 3.63) is 11.9 Å². The predicted octanol–water partition coefficient (Wildman–Crippen LogP) is 1.44. The summed E-state index contributed by atoms with van der Waals surface area (Å²) in [6, 6.07) is -0.165. The number of hydrogen-bond acceptors (Lipinski definition) is 4. The third-order valence-corrected chi connectivity index (χ3v) is 2.84. The monoisotopic (exact) mass is 281 g/mol. The minimum absolute atomic E-state index is 0.0773. The zero-order chi connectivity index (χ0) is 15.3. The zero-order valence-corrected chi connectivity index (χ0v) is 13.2. The van der Waals surface area contributed by atoms with Gasteiger partial charge in [-0.25, -0.2) is 4.68 Å². The highest BCUT2D eigenvalue weighted by molar-refractivity contribution is 5.75. The van der Waals surface area contributed by atoms with Crippen LogP contribution in [0.5, 0.6) is 0 Å². The fraction of sp³-hybridized carbons (Fsp3) is 0.786. The van der Waals surface area contributed by atoms with E-state index < -0.39 is 0 Å². The number of aromatic nitrogens is 3. The van der Waals surface area contributed by atoms with E-state index in [9.17, 15) is 4.79 Å². The number of nitrogens with two attached hydrogens (primary N) is 1. The minimum Gasteiger partial charge on any atom is -0.341 e. The molecule has 0 aliphatic carbocycles. The first kappa shape index (κ1) is 16.6. The van der Waals surface area contributed by atoms with Crippen molar-refractivity contribution < 1.29 is 4.79 Å². The lowest BCUT2D eigenvalue weighted by atomic mass is 10.1. The molecule has 0 aliphatic heterocycles. The van der Waals surface area contributed by atoms with Crippen molar-refractivity contribution in [1.82, 2.24) is 19.9 Å². The molecule has 2 N–H and O–H groups in total.